The second-order valence-electron chi connectivity index (χ2n) is 4.80. The third kappa shape index (κ3) is 2.81. The molecular formula is C15H16N4O2S. The summed E-state index contributed by atoms with van der Waals surface area (Å²) in [7, 11) is 1.82. The van der Waals surface area contributed by atoms with E-state index in [-0.39, 0.29) is 12.5 Å². The van der Waals surface area contributed by atoms with Gasteiger partial charge in [-0.1, -0.05) is 6.07 Å². The summed E-state index contributed by atoms with van der Waals surface area (Å²) in [5.74, 6) is 0.368. The van der Waals surface area contributed by atoms with E-state index in [0.29, 0.717) is 18.1 Å². The van der Waals surface area contributed by atoms with Crippen molar-refractivity contribution < 1.29 is 9.90 Å². The van der Waals surface area contributed by atoms with E-state index in [0.717, 1.165) is 10.6 Å². The number of aliphatic hydroxyl groups excluding tert-OH is 1. The summed E-state index contributed by atoms with van der Waals surface area (Å²) < 4.78 is 3.36. The van der Waals surface area contributed by atoms with Crippen LogP contribution in [0.4, 0.5) is 5.82 Å². The Balaban J connectivity index is 1.89. The first kappa shape index (κ1) is 14.6. The SMILES string of the molecule is Cn1cccc1C(=O)Nc1cc(-c2cccs2)nn1CCO. The third-order valence-corrected chi connectivity index (χ3v) is 4.18. The molecule has 0 aliphatic rings. The van der Waals surface area contributed by atoms with E-state index in [2.05, 4.69) is 10.4 Å². The number of amides is 1. The maximum atomic E-state index is 12.3. The van der Waals surface area contributed by atoms with E-state index >= 15 is 0 Å². The largest absolute Gasteiger partial charge is 0.394 e. The molecule has 3 heterocycles. The summed E-state index contributed by atoms with van der Waals surface area (Å²) in [6.07, 6.45) is 1.82. The highest BCUT2D eigenvalue weighted by Crippen LogP contribution is 2.26. The van der Waals surface area contributed by atoms with Gasteiger partial charge in [0.05, 0.1) is 18.0 Å². The molecule has 0 fully saturated rings. The second-order valence-corrected chi connectivity index (χ2v) is 5.75. The second kappa shape index (κ2) is 6.17. The molecule has 0 aliphatic carbocycles. The molecule has 2 N–H and O–H groups in total. The van der Waals surface area contributed by atoms with Gasteiger partial charge in [0.2, 0.25) is 0 Å². The van der Waals surface area contributed by atoms with E-state index < -0.39 is 0 Å². The molecule has 0 bridgehead atoms. The van der Waals surface area contributed by atoms with Crippen LogP contribution < -0.4 is 5.32 Å². The van der Waals surface area contributed by atoms with Crippen molar-refractivity contribution in [1.82, 2.24) is 14.3 Å². The number of thiophene rings is 1. The smallest absolute Gasteiger partial charge is 0.273 e. The average molecular weight is 316 g/mol. The van der Waals surface area contributed by atoms with Crippen LogP contribution in [0.2, 0.25) is 0 Å². The molecule has 3 rings (SSSR count). The number of hydrogen-bond donors (Lipinski definition) is 2. The minimum absolute atomic E-state index is 0.0431. The van der Waals surface area contributed by atoms with Gasteiger partial charge in [-0.25, -0.2) is 4.68 Å². The molecule has 7 heteroatoms. The van der Waals surface area contributed by atoms with E-state index in [1.54, 1.807) is 26.7 Å². The molecule has 0 radical (unpaired) electrons. The van der Waals surface area contributed by atoms with Crippen LogP contribution >= 0.6 is 11.3 Å². The van der Waals surface area contributed by atoms with Crippen molar-refractivity contribution in [2.45, 2.75) is 6.54 Å². The number of aliphatic hydroxyl groups is 1. The fraction of sp³-hybridized carbons (Fsp3) is 0.200. The van der Waals surface area contributed by atoms with Crippen molar-refractivity contribution >= 4 is 23.1 Å². The molecule has 0 aromatic carbocycles. The summed E-state index contributed by atoms with van der Waals surface area (Å²) in [6.45, 7) is 0.284. The zero-order valence-electron chi connectivity index (χ0n) is 12.1. The number of aryl methyl sites for hydroxylation is 1. The van der Waals surface area contributed by atoms with E-state index in [1.807, 2.05) is 42.9 Å². The number of carbonyl (C=O) groups is 1. The van der Waals surface area contributed by atoms with Gasteiger partial charge in [-0.3, -0.25) is 4.79 Å². The quantitative estimate of drug-likeness (QED) is 0.758. The van der Waals surface area contributed by atoms with Crippen LogP contribution in [0.1, 0.15) is 10.5 Å². The van der Waals surface area contributed by atoms with E-state index in [1.165, 1.54) is 0 Å². The predicted octanol–water partition coefficient (Wildman–Crippen LogP) is 2.19. The van der Waals surface area contributed by atoms with Crippen molar-refractivity contribution in [3.8, 4) is 10.6 Å². The molecule has 0 spiro atoms. The van der Waals surface area contributed by atoms with Crippen LogP contribution in [0.3, 0.4) is 0 Å². The average Bonchev–Trinajstić information content (AvgIpc) is 3.20. The zero-order chi connectivity index (χ0) is 15.5. The third-order valence-electron chi connectivity index (χ3n) is 3.28. The van der Waals surface area contributed by atoms with Crippen molar-refractivity contribution in [3.63, 3.8) is 0 Å². The van der Waals surface area contributed by atoms with Gasteiger partial charge >= 0.3 is 0 Å². The standard InChI is InChI=1S/C15H16N4O2S/c1-18-6-2-4-12(18)15(21)16-14-10-11(13-5-3-9-22-13)17-19(14)7-8-20/h2-6,9-10,20H,7-8H2,1H3,(H,16,21). The van der Waals surface area contributed by atoms with Crippen LogP contribution in [-0.2, 0) is 13.6 Å². The van der Waals surface area contributed by atoms with Crippen molar-refractivity contribution in [2.75, 3.05) is 11.9 Å². The normalized spacial score (nSPS) is 10.8. The molecule has 3 aromatic heterocycles. The molecule has 22 heavy (non-hydrogen) atoms. The lowest BCUT2D eigenvalue weighted by Gasteiger charge is -2.08. The van der Waals surface area contributed by atoms with Gasteiger partial charge in [0.15, 0.2) is 0 Å². The number of rotatable bonds is 5. The van der Waals surface area contributed by atoms with Crippen LogP contribution in [0, 0.1) is 0 Å². The molecule has 0 saturated heterocycles. The Bertz CT molecular complexity index is 773. The van der Waals surface area contributed by atoms with Crippen molar-refractivity contribution in [3.05, 3.63) is 47.6 Å². The number of hydrogen-bond acceptors (Lipinski definition) is 4. The summed E-state index contributed by atoms with van der Waals surface area (Å²) in [5.41, 5.74) is 1.35. The Morgan fingerprint density at radius 1 is 1.41 bits per heavy atom. The monoisotopic (exact) mass is 316 g/mol. The Hall–Kier alpha value is -2.38. The molecule has 0 saturated carbocycles. The maximum Gasteiger partial charge on any atom is 0.273 e. The maximum absolute atomic E-state index is 12.3. The predicted molar refractivity (Wildman–Crippen MR) is 86.0 cm³/mol. The highest BCUT2D eigenvalue weighted by Gasteiger charge is 2.15. The lowest BCUT2D eigenvalue weighted by atomic mass is 10.3. The zero-order valence-corrected chi connectivity index (χ0v) is 12.9. The van der Waals surface area contributed by atoms with Gasteiger partial charge in [-0.15, -0.1) is 11.3 Å². The molecule has 6 nitrogen and oxygen atoms in total. The van der Waals surface area contributed by atoms with Gasteiger partial charge in [0, 0.05) is 19.3 Å². The molecule has 3 aromatic rings. The molecule has 0 aliphatic heterocycles. The highest BCUT2D eigenvalue weighted by molar-refractivity contribution is 7.13. The lowest BCUT2D eigenvalue weighted by Crippen LogP contribution is -2.18. The van der Waals surface area contributed by atoms with Gasteiger partial charge in [0.25, 0.3) is 5.91 Å². The Morgan fingerprint density at radius 3 is 2.91 bits per heavy atom. The first-order valence-corrected chi connectivity index (χ1v) is 7.72. The van der Waals surface area contributed by atoms with Crippen molar-refractivity contribution in [2.24, 2.45) is 7.05 Å². The molecule has 1 amide bonds. The minimum Gasteiger partial charge on any atom is -0.394 e. The van der Waals surface area contributed by atoms with Crippen LogP contribution in [0.25, 0.3) is 10.6 Å². The molecular weight excluding hydrogens is 300 g/mol. The highest BCUT2D eigenvalue weighted by atomic mass is 32.1. The number of anilines is 1. The fourth-order valence-corrected chi connectivity index (χ4v) is 2.89. The van der Waals surface area contributed by atoms with Crippen LogP contribution in [-0.4, -0.2) is 32.0 Å². The summed E-state index contributed by atoms with van der Waals surface area (Å²) in [6, 6.07) is 9.31. The summed E-state index contributed by atoms with van der Waals surface area (Å²) in [5, 5.41) is 18.4. The van der Waals surface area contributed by atoms with Gasteiger partial charge in [-0.2, -0.15) is 5.10 Å². The summed E-state index contributed by atoms with van der Waals surface area (Å²) >= 11 is 1.58. The van der Waals surface area contributed by atoms with Gasteiger partial charge in [-0.05, 0) is 23.6 Å². The Labute approximate surface area is 131 Å². The first-order valence-electron chi connectivity index (χ1n) is 6.84. The minimum atomic E-state index is -0.204. The van der Waals surface area contributed by atoms with E-state index in [9.17, 15) is 9.90 Å². The number of carbonyl (C=O) groups excluding carboxylic acids is 1. The fourth-order valence-electron chi connectivity index (χ4n) is 2.20. The lowest BCUT2D eigenvalue weighted by molar-refractivity contribution is 0.101. The van der Waals surface area contributed by atoms with Crippen molar-refractivity contribution in [1.29, 1.82) is 0 Å². The first-order chi connectivity index (χ1) is 10.7. The van der Waals surface area contributed by atoms with E-state index in [4.69, 9.17) is 0 Å². The topological polar surface area (TPSA) is 72.1 Å². The molecule has 0 unspecified atom stereocenters. The van der Waals surface area contributed by atoms with Gasteiger partial charge in [0.1, 0.15) is 17.2 Å². The van der Waals surface area contributed by atoms with Gasteiger partial charge < -0.3 is 15.0 Å². The molecule has 0 atom stereocenters. The van der Waals surface area contributed by atoms with Crippen LogP contribution in [0.5, 0.6) is 0 Å². The number of aromatic nitrogens is 3. The Kier molecular flexibility index (Phi) is 4.08. The Morgan fingerprint density at radius 2 is 2.27 bits per heavy atom. The summed E-state index contributed by atoms with van der Waals surface area (Å²) in [4.78, 5) is 13.3. The number of nitrogens with zero attached hydrogens (tertiary/aromatic N) is 3. The van der Waals surface area contributed by atoms with Crippen LogP contribution in [0.15, 0.2) is 41.9 Å². The molecule has 114 valence electrons. The number of nitrogens with one attached hydrogen (secondary N) is 1.